The maximum absolute atomic E-state index is 10.7. The van der Waals surface area contributed by atoms with Crippen LogP contribution in [0.1, 0.15) is 26.2 Å². The Balaban J connectivity index is 2.78. The van der Waals surface area contributed by atoms with E-state index in [1.807, 2.05) is 6.08 Å². The molecule has 0 saturated heterocycles. The van der Waals surface area contributed by atoms with Gasteiger partial charge in [-0.1, -0.05) is 28.9 Å². The third kappa shape index (κ3) is 3.06. The minimum Gasteiger partial charge on any atom is -0.322 e. The SMILES string of the molecule is CC1/C=C(/Br)C[C@@H]([N+](=O)[O-])[C@@H](N)CC1. The molecule has 0 amide bonds. The summed E-state index contributed by atoms with van der Waals surface area (Å²) >= 11 is 3.35. The van der Waals surface area contributed by atoms with E-state index in [1.165, 1.54) is 0 Å². The van der Waals surface area contributed by atoms with Crippen LogP contribution < -0.4 is 5.73 Å². The van der Waals surface area contributed by atoms with E-state index in [4.69, 9.17) is 5.73 Å². The van der Waals surface area contributed by atoms with Crippen LogP contribution in [-0.4, -0.2) is 17.0 Å². The first kappa shape index (κ1) is 11.7. The van der Waals surface area contributed by atoms with E-state index in [9.17, 15) is 10.1 Å². The molecule has 0 aromatic heterocycles. The molecule has 5 heteroatoms. The number of allylic oxidation sites excluding steroid dienone is 1. The number of hydrogen-bond acceptors (Lipinski definition) is 3. The van der Waals surface area contributed by atoms with Crippen molar-refractivity contribution in [2.75, 3.05) is 0 Å². The molecule has 4 nitrogen and oxygen atoms in total. The van der Waals surface area contributed by atoms with Crippen LogP contribution in [0.25, 0.3) is 0 Å². The average molecular weight is 263 g/mol. The van der Waals surface area contributed by atoms with Crippen LogP contribution in [0.3, 0.4) is 0 Å². The molecule has 80 valence electrons. The first-order valence-electron chi connectivity index (χ1n) is 4.76. The van der Waals surface area contributed by atoms with Gasteiger partial charge in [-0.05, 0) is 23.2 Å². The molecule has 1 aliphatic rings. The second-order valence-electron chi connectivity index (χ2n) is 3.89. The van der Waals surface area contributed by atoms with Crippen molar-refractivity contribution in [3.63, 3.8) is 0 Å². The van der Waals surface area contributed by atoms with Crippen LogP contribution in [-0.2, 0) is 0 Å². The molecular weight excluding hydrogens is 248 g/mol. The Hall–Kier alpha value is -0.420. The van der Waals surface area contributed by atoms with Gasteiger partial charge in [0.1, 0.15) is 0 Å². The van der Waals surface area contributed by atoms with Crippen molar-refractivity contribution in [1.29, 1.82) is 0 Å². The van der Waals surface area contributed by atoms with Crippen molar-refractivity contribution in [3.8, 4) is 0 Å². The predicted molar refractivity (Wildman–Crippen MR) is 58.8 cm³/mol. The Labute approximate surface area is 91.8 Å². The molecule has 0 radical (unpaired) electrons. The topological polar surface area (TPSA) is 69.2 Å². The van der Waals surface area contributed by atoms with Crippen molar-refractivity contribution < 1.29 is 4.92 Å². The molecule has 1 rings (SSSR count). The minimum absolute atomic E-state index is 0.268. The second-order valence-corrected chi connectivity index (χ2v) is 4.91. The molecule has 0 heterocycles. The molecule has 1 unspecified atom stereocenters. The van der Waals surface area contributed by atoms with Crippen molar-refractivity contribution >= 4 is 15.9 Å². The zero-order valence-electron chi connectivity index (χ0n) is 8.15. The van der Waals surface area contributed by atoms with Crippen LogP contribution in [0, 0.1) is 16.0 Å². The smallest absolute Gasteiger partial charge is 0.232 e. The Morgan fingerprint density at radius 2 is 2.29 bits per heavy atom. The number of rotatable bonds is 1. The zero-order valence-corrected chi connectivity index (χ0v) is 9.74. The number of nitrogens with zero attached hydrogens (tertiary/aromatic N) is 1. The monoisotopic (exact) mass is 262 g/mol. The van der Waals surface area contributed by atoms with Gasteiger partial charge in [0.05, 0.1) is 6.04 Å². The van der Waals surface area contributed by atoms with Crippen molar-refractivity contribution in [2.24, 2.45) is 11.7 Å². The van der Waals surface area contributed by atoms with Gasteiger partial charge in [-0.25, -0.2) is 0 Å². The Morgan fingerprint density at radius 1 is 1.64 bits per heavy atom. The lowest BCUT2D eigenvalue weighted by molar-refractivity contribution is -0.525. The van der Waals surface area contributed by atoms with Gasteiger partial charge in [-0.2, -0.15) is 0 Å². The quantitative estimate of drug-likeness (QED) is 0.581. The van der Waals surface area contributed by atoms with Crippen LogP contribution >= 0.6 is 15.9 Å². The highest BCUT2D eigenvalue weighted by Crippen LogP contribution is 2.25. The van der Waals surface area contributed by atoms with E-state index < -0.39 is 6.04 Å². The predicted octanol–water partition coefficient (Wildman–Crippen LogP) is 2.06. The summed E-state index contributed by atoms with van der Waals surface area (Å²) in [5.41, 5.74) is 5.78. The Kier molecular flexibility index (Phi) is 4.07. The molecule has 14 heavy (non-hydrogen) atoms. The fourth-order valence-electron chi connectivity index (χ4n) is 1.69. The summed E-state index contributed by atoms with van der Waals surface area (Å²) < 4.78 is 0.904. The maximum atomic E-state index is 10.7. The van der Waals surface area contributed by atoms with E-state index in [0.717, 1.165) is 17.3 Å². The van der Waals surface area contributed by atoms with Crippen LogP contribution in [0.5, 0.6) is 0 Å². The van der Waals surface area contributed by atoms with Gasteiger partial charge in [0.25, 0.3) is 0 Å². The van der Waals surface area contributed by atoms with Gasteiger partial charge < -0.3 is 5.73 Å². The fraction of sp³-hybridized carbons (Fsp3) is 0.778. The molecule has 0 spiro atoms. The summed E-state index contributed by atoms with van der Waals surface area (Å²) in [6, 6.07) is -0.971. The molecule has 2 N–H and O–H groups in total. The number of nitro groups is 1. The van der Waals surface area contributed by atoms with E-state index in [2.05, 4.69) is 22.9 Å². The molecule has 0 aromatic carbocycles. The fourth-order valence-corrected chi connectivity index (χ4v) is 2.47. The Morgan fingerprint density at radius 3 is 2.86 bits per heavy atom. The van der Waals surface area contributed by atoms with Crippen LogP contribution in [0.2, 0.25) is 0 Å². The number of halogens is 1. The largest absolute Gasteiger partial charge is 0.322 e. The molecule has 0 fully saturated rings. The average Bonchev–Trinajstić information content (AvgIpc) is 2.08. The zero-order chi connectivity index (χ0) is 10.7. The van der Waals surface area contributed by atoms with Gasteiger partial charge in [-0.3, -0.25) is 10.1 Å². The first-order chi connectivity index (χ1) is 6.50. The molecule has 0 saturated carbocycles. The lowest BCUT2D eigenvalue weighted by Gasteiger charge is -2.21. The minimum atomic E-state index is -0.645. The third-order valence-corrected chi connectivity index (χ3v) is 3.18. The standard InChI is InChI=1S/C9H15BrN2O2/c1-6-2-3-8(11)9(12(13)14)5-7(10)4-6/h4,6,8-9H,2-3,5,11H2,1H3/b7-4+/t6?,8-,9+/m0/s1. The molecule has 3 atom stereocenters. The molecule has 0 aliphatic heterocycles. The second kappa shape index (κ2) is 4.89. The van der Waals surface area contributed by atoms with E-state index in [1.54, 1.807) is 0 Å². The van der Waals surface area contributed by atoms with Crippen molar-refractivity contribution in [2.45, 2.75) is 38.3 Å². The number of nitrogens with two attached hydrogens (primary N) is 1. The molecule has 0 aromatic rings. The molecule has 0 bridgehead atoms. The van der Waals surface area contributed by atoms with Gasteiger partial charge in [0, 0.05) is 11.3 Å². The summed E-state index contributed by atoms with van der Waals surface area (Å²) in [5.74, 6) is 0.447. The van der Waals surface area contributed by atoms with Gasteiger partial charge in [0.15, 0.2) is 0 Å². The van der Waals surface area contributed by atoms with Gasteiger partial charge >= 0.3 is 0 Å². The lowest BCUT2D eigenvalue weighted by Crippen LogP contribution is -2.41. The Bertz CT molecular complexity index is 255. The summed E-state index contributed by atoms with van der Waals surface area (Å²) in [6.07, 6.45) is 4.10. The van der Waals surface area contributed by atoms with E-state index in [0.29, 0.717) is 12.3 Å². The third-order valence-electron chi connectivity index (χ3n) is 2.59. The highest BCUT2D eigenvalue weighted by atomic mass is 79.9. The molecule has 1 aliphatic carbocycles. The van der Waals surface area contributed by atoms with Crippen molar-refractivity contribution in [3.05, 3.63) is 20.7 Å². The summed E-state index contributed by atoms with van der Waals surface area (Å²) in [7, 11) is 0. The van der Waals surface area contributed by atoms with Crippen LogP contribution in [0.4, 0.5) is 0 Å². The lowest BCUT2D eigenvalue weighted by atomic mass is 9.92. The maximum Gasteiger partial charge on any atom is 0.232 e. The molecular formula is C9H15BrN2O2. The van der Waals surface area contributed by atoms with Crippen LogP contribution in [0.15, 0.2) is 10.6 Å². The summed E-state index contributed by atoms with van der Waals surface area (Å²) in [6.45, 7) is 2.10. The highest BCUT2D eigenvalue weighted by molar-refractivity contribution is 9.11. The normalized spacial score (nSPS) is 37.9. The van der Waals surface area contributed by atoms with Gasteiger partial charge in [0.2, 0.25) is 6.04 Å². The first-order valence-corrected chi connectivity index (χ1v) is 5.55. The summed E-state index contributed by atoms with van der Waals surface area (Å²) in [4.78, 5) is 10.5. The van der Waals surface area contributed by atoms with E-state index >= 15 is 0 Å². The highest BCUT2D eigenvalue weighted by Gasteiger charge is 2.30. The summed E-state index contributed by atoms with van der Waals surface area (Å²) in [5, 5.41) is 10.7. The van der Waals surface area contributed by atoms with Gasteiger partial charge in [-0.15, -0.1) is 0 Å². The van der Waals surface area contributed by atoms with E-state index in [-0.39, 0.29) is 11.0 Å². The number of hydrogen-bond donors (Lipinski definition) is 1. The van der Waals surface area contributed by atoms with Crippen molar-refractivity contribution in [1.82, 2.24) is 0 Å².